The van der Waals surface area contributed by atoms with Gasteiger partial charge in [0.25, 0.3) is 5.91 Å². The number of amides is 1. The standard InChI is InChI=1S/C9H12N2O4/c1-2-7-11-5-6(15-7)9(14)10-4-3-8(12)13/h5H,2-4H2,1H3,(H,10,14)(H,12,13). The molecule has 0 aliphatic rings. The first-order chi connectivity index (χ1) is 7.13. The molecule has 0 saturated heterocycles. The first-order valence-corrected chi connectivity index (χ1v) is 4.58. The molecule has 0 aliphatic heterocycles. The molecule has 0 aromatic carbocycles. The number of carbonyl (C=O) groups excluding carboxylic acids is 1. The molecular weight excluding hydrogens is 200 g/mol. The van der Waals surface area contributed by atoms with Gasteiger partial charge in [-0.15, -0.1) is 0 Å². The maximum atomic E-state index is 11.3. The molecule has 0 spiro atoms. The lowest BCUT2D eigenvalue weighted by Gasteiger charge is -1.98. The van der Waals surface area contributed by atoms with Gasteiger partial charge in [-0.3, -0.25) is 9.59 Å². The number of aryl methyl sites for hydroxylation is 1. The van der Waals surface area contributed by atoms with Crippen LogP contribution in [-0.4, -0.2) is 28.5 Å². The number of nitrogens with one attached hydrogen (secondary N) is 1. The summed E-state index contributed by atoms with van der Waals surface area (Å²) in [7, 11) is 0. The van der Waals surface area contributed by atoms with Gasteiger partial charge in [0.15, 0.2) is 5.89 Å². The average molecular weight is 212 g/mol. The van der Waals surface area contributed by atoms with Gasteiger partial charge in [0, 0.05) is 13.0 Å². The summed E-state index contributed by atoms with van der Waals surface area (Å²) in [5.41, 5.74) is 0. The molecule has 0 radical (unpaired) electrons. The van der Waals surface area contributed by atoms with Gasteiger partial charge in [-0.25, -0.2) is 4.98 Å². The van der Waals surface area contributed by atoms with Gasteiger partial charge in [-0.1, -0.05) is 6.92 Å². The van der Waals surface area contributed by atoms with E-state index in [1.54, 1.807) is 0 Å². The van der Waals surface area contributed by atoms with E-state index in [1.165, 1.54) is 6.20 Å². The highest BCUT2D eigenvalue weighted by Crippen LogP contribution is 2.03. The summed E-state index contributed by atoms with van der Waals surface area (Å²) in [4.78, 5) is 25.4. The monoisotopic (exact) mass is 212 g/mol. The number of oxazole rings is 1. The van der Waals surface area contributed by atoms with Crippen molar-refractivity contribution in [3.05, 3.63) is 17.8 Å². The molecule has 82 valence electrons. The van der Waals surface area contributed by atoms with Crippen molar-refractivity contribution in [3.8, 4) is 0 Å². The van der Waals surface area contributed by atoms with E-state index in [2.05, 4.69) is 10.3 Å². The van der Waals surface area contributed by atoms with E-state index >= 15 is 0 Å². The fraction of sp³-hybridized carbons (Fsp3) is 0.444. The predicted molar refractivity (Wildman–Crippen MR) is 50.5 cm³/mol. The molecule has 0 unspecified atom stereocenters. The third-order valence-electron chi connectivity index (χ3n) is 1.70. The van der Waals surface area contributed by atoms with E-state index in [1.807, 2.05) is 6.92 Å². The van der Waals surface area contributed by atoms with Crippen LogP contribution in [-0.2, 0) is 11.2 Å². The first kappa shape index (κ1) is 11.2. The van der Waals surface area contributed by atoms with E-state index < -0.39 is 11.9 Å². The van der Waals surface area contributed by atoms with Gasteiger partial charge in [-0.05, 0) is 0 Å². The highest BCUT2D eigenvalue weighted by molar-refractivity contribution is 5.91. The Hall–Kier alpha value is -1.85. The Bertz CT molecular complexity index is 359. The number of hydrogen-bond donors (Lipinski definition) is 2. The molecule has 0 aliphatic carbocycles. The topological polar surface area (TPSA) is 92.4 Å². The Kier molecular flexibility index (Phi) is 3.84. The van der Waals surface area contributed by atoms with Gasteiger partial charge < -0.3 is 14.8 Å². The molecule has 1 rings (SSSR count). The quantitative estimate of drug-likeness (QED) is 0.738. The summed E-state index contributed by atoms with van der Waals surface area (Å²) in [5, 5.41) is 10.8. The van der Waals surface area contributed by atoms with Crippen LogP contribution in [0.3, 0.4) is 0 Å². The minimum Gasteiger partial charge on any atom is -0.481 e. The summed E-state index contributed by atoms with van der Waals surface area (Å²) in [6.45, 7) is 1.94. The second kappa shape index (κ2) is 5.14. The Morgan fingerprint density at radius 1 is 1.60 bits per heavy atom. The lowest BCUT2D eigenvalue weighted by molar-refractivity contribution is -0.136. The van der Waals surface area contributed by atoms with Crippen LogP contribution in [0.4, 0.5) is 0 Å². The van der Waals surface area contributed by atoms with Gasteiger partial charge in [0.05, 0.1) is 12.6 Å². The maximum absolute atomic E-state index is 11.3. The molecule has 1 aromatic heterocycles. The number of aliphatic carboxylic acids is 1. The minimum atomic E-state index is -0.956. The van der Waals surface area contributed by atoms with Crippen LogP contribution < -0.4 is 5.32 Å². The second-order valence-electron chi connectivity index (χ2n) is 2.87. The number of hydrogen-bond acceptors (Lipinski definition) is 4. The zero-order chi connectivity index (χ0) is 11.3. The highest BCUT2D eigenvalue weighted by Gasteiger charge is 2.11. The zero-order valence-corrected chi connectivity index (χ0v) is 8.32. The highest BCUT2D eigenvalue weighted by atomic mass is 16.4. The Morgan fingerprint density at radius 3 is 2.87 bits per heavy atom. The molecule has 1 aromatic rings. The van der Waals surface area contributed by atoms with Crippen LogP contribution in [0.15, 0.2) is 10.6 Å². The Labute approximate surface area is 86.3 Å². The summed E-state index contributed by atoms with van der Waals surface area (Å²) < 4.78 is 5.08. The van der Waals surface area contributed by atoms with Crippen molar-refractivity contribution in [1.82, 2.24) is 10.3 Å². The van der Waals surface area contributed by atoms with Crippen molar-refractivity contribution in [2.45, 2.75) is 19.8 Å². The molecule has 0 atom stereocenters. The number of rotatable bonds is 5. The third kappa shape index (κ3) is 3.41. The van der Waals surface area contributed by atoms with Crippen LogP contribution in [0.1, 0.15) is 29.8 Å². The van der Waals surface area contributed by atoms with E-state index in [4.69, 9.17) is 9.52 Å². The molecule has 6 nitrogen and oxygen atoms in total. The van der Waals surface area contributed by atoms with Crippen LogP contribution in [0.2, 0.25) is 0 Å². The van der Waals surface area contributed by atoms with Crippen molar-refractivity contribution in [2.75, 3.05) is 6.54 Å². The third-order valence-corrected chi connectivity index (χ3v) is 1.70. The zero-order valence-electron chi connectivity index (χ0n) is 8.32. The Morgan fingerprint density at radius 2 is 2.33 bits per heavy atom. The lowest BCUT2D eigenvalue weighted by Crippen LogP contribution is -2.25. The smallest absolute Gasteiger partial charge is 0.305 e. The fourth-order valence-corrected chi connectivity index (χ4v) is 0.949. The van der Waals surface area contributed by atoms with E-state index in [-0.39, 0.29) is 18.7 Å². The minimum absolute atomic E-state index is 0.0797. The fourth-order valence-electron chi connectivity index (χ4n) is 0.949. The summed E-state index contributed by atoms with van der Waals surface area (Å²) in [5.74, 6) is -0.804. The second-order valence-corrected chi connectivity index (χ2v) is 2.87. The number of nitrogens with zero attached hydrogens (tertiary/aromatic N) is 1. The average Bonchev–Trinajstić information content (AvgIpc) is 2.65. The van der Waals surface area contributed by atoms with Crippen molar-refractivity contribution >= 4 is 11.9 Å². The van der Waals surface area contributed by atoms with Crippen LogP contribution in [0, 0.1) is 0 Å². The van der Waals surface area contributed by atoms with E-state index in [0.29, 0.717) is 12.3 Å². The van der Waals surface area contributed by atoms with E-state index in [9.17, 15) is 9.59 Å². The van der Waals surface area contributed by atoms with Crippen LogP contribution in [0.25, 0.3) is 0 Å². The molecule has 2 N–H and O–H groups in total. The molecule has 0 bridgehead atoms. The normalized spacial score (nSPS) is 9.93. The van der Waals surface area contributed by atoms with Crippen molar-refractivity contribution in [1.29, 1.82) is 0 Å². The maximum Gasteiger partial charge on any atom is 0.305 e. The molecule has 1 amide bonds. The molecule has 15 heavy (non-hydrogen) atoms. The summed E-state index contributed by atoms with van der Waals surface area (Å²) in [6.07, 6.45) is 1.83. The summed E-state index contributed by atoms with van der Waals surface area (Å²) >= 11 is 0. The van der Waals surface area contributed by atoms with Gasteiger partial charge in [-0.2, -0.15) is 0 Å². The van der Waals surface area contributed by atoms with Gasteiger partial charge in [0.2, 0.25) is 5.76 Å². The van der Waals surface area contributed by atoms with Crippen LogP contribution in [0.5, 0.6) is 0 Å². The molecule has 0 saturated carbocycles. The first-order valence-electron chi connectivity index (χ1n) is 4.58. The molecule has 6 heteroatoms. The number of carboxylic acid groups (broad SMARTS) is 1. The van der Waals surface area contributed by atoms with Crippen molar-refractivity contribution < 1.29 is 19.1 Å². The number of aromatic nitrogens is 1. The molecule has 0 fully saturated rings. The van der Waals surface area contributed by atoms with E-state index in [0.717, 1.165) is 0 Å². The molecule has 1 heterocycles. The lowest BCUT2D eigenvalue weighted by atomic mass is 10.4. The largest absolute Gasteiger partial charge is 0.481 e. The summed E-state index contributed by atoms with van der Waals surface area (Å²) in [6, 6.07) is 0. The number of carbonyl (C=O) groups is 2. The number of carboxylic acids is 1. The van der Waals surface area contributed by atoms with Crippen molar-refractivity contribution in [2.24, 2.45) is 0 Å². The van der Waals surface area contributed by atoms with Gasteiger partial charge >= 0.3 is 5.97 Å². The molecular formula is C9H12N2O4. The van der Waals surface area contributed by atoms with Gasteiger partial charge in [0.1, 0.15) is 0 Å². The van der Waals surface area contributed by atoms with Crippen molar-refractivity contribution in [3.63, 3.8) is 0 Å². The van der Waals surface area contributed by atoms with Crippen LogP contribution >= 0.6 is 0 Å². The SMILES string of the molecule is CCc1ncc(C(=O)NCCC(=O)O)o1. The Balaban J connectivity index is 2.43. The predicted octanol–water partition coefficient (Wildman–Crippen LogP) is 0.441.